The molecule has 0 aromatic carbocycles. The van der Waals surface area contributed by atoms with E-state index in [0.717, 1.165) is 0 Å². The third kappa shape index (κ3) is 3.74. The molecule has 0 amide bonds. The summed E-state index contributed by atoms with van der Waals surface area (Å²) < 4.78 is 4.79. The second-order valence-corrected chi connectivity index (χ2v) is 2.64. The lowest BCUT2D eigenvalue weighted by Gasteiger charge is -2.10. The van der Waals surface area contributed by atoms with E-state index in [1.807, 2.05) is 0 Å². The predicted octanol–water partition coefficient (Wildman–Crippen LogP) is 0.195. The van der Waals surface area contributed by atoms with Crippen molar-refractivity contribution in [1.82, 2.24) is 0 Å². The summed E-state index contributed by atoms with van der Waals surface area (Å²) in [5.41, 5.74) is 5.31. The monoisotopic (exact) mass is 163 g/mol. The zero-order valence-electron chi connectivity index (χ0n) is 6.20. The summed E-state index contributed by atoms with van der Waals surface area (Å²) >= 11 is 3.85. The van der Waals surface area contributed by atoms with Gasteiger partial charge in [-0.3, -0.25) is 4.79 Å². The van der Waals surface area contributed by atoms with Crippen molar-refractivity contribution in [3.8, 4) is 0 Å². The fourth-order valence-electron chi connectivity index (χ4n) is 0.394. The molecule has 0 aliphatic carbocycles. The van der Waals surface area contributed by atoms with Crippen molar-refractivity contribution in [1.29, 1.82) is 0 Å². The quantitative estimate of drug-likeness (QED) is 0.461. The Hall–Kier alpha value is -0.220. The zero-order chi connectivity index (χ0) is 8.15. The first-order valence-corrected chi connectivity index (χ1v) is 3.78. The van der Waals surface area contributed by atoms with Gasteiger partial charge in [-0.1, -0.05) is 0 Å². The number of esters is 1. The molecule has 0 saturated heterocycles. The summed E-state index contributed by atoms with van der Waals surface area (Å²) in [5.74, 6) is -0.0593. The molecule has 0 aromatic rings. The maximum atomic E-state index is 10.8. The van der Waals surface area contributed by atoms with Crippen LogP contribution < -0.4 is 5.73 Å². The Morgan fingerprint density at radius 3 is 2.50 bits per heavy atom. The molecule has 1 atom stereocenters. The summed E-state index contributed by atoms with van der Waals surface area (Å²) in [5, 5.41) is 0. The third-order valence-electron chi connectivity index (χ3n) is 0.851. The van der Waals surface area contributed by atoms with Crippen LogP contribution >= 0.6 is 12.6 Å². The molecule has 0 saturated carbocycles. The van der Waals surface area contributed by atoms with Crippen molar-refractivity contribution in [2.24, 2.45) is 5.73 Å². The first kappa shape index (κ1) is 9.78. The van der Waals surface area contributed by atoms with Crippen LogP contribution in [0, 0.1) is 0 Å². The van der Waals surface area contributed by atoms with Crippen molar-refractivity contribution in [2.45, 2.75) is 26.0 Å². The smallest absolute Gasteiger partial charge is 0.324 e. The molecule has 0 rings (SSSR count). The first-order valence-electron chi connectivity index (χ1n) is 3.15. The van der Waals surface area contributed by atoms with E-state index in [-0.39, 0.29) is 12.1 Å². The molecular weight excluding hydrogens is 150 g/mol. The predicted molar refractivity (Wildman–Crippen MR) is 43.1 cm³/mol. The number of ether oxygens (including phenoxy) is 1. The van der Waals surface area contributed by atoms with Crippen molar-refractivity contribution in [3.05, 3.63) is 0 Å². The topological polar surface area (TPSA) is 52.3 Å². The average molecular weight is 163 g/mol. The summed E-state index contributed by atoms with van der Waals surface area (Å²) in [6.07, 6.45) is -0.0987. The van der Waals surface area contributed by atoms with Gasteiger partial charge in [-0.25, -0.2) is 0 Å². The van der Waals surface area contributed by atoms with Gasteiger partial charge in [0.15, 0.2) is 0 Å². The van der Waals surface area contributed by atoms with Crippen LogP contribution in [-0.4, -0.2) is 23.9 Å². The lowest BCUT2D eigenvalue weighted by atomic mass is 10.3. The van der Waals surface area contributed by atoms with Crippen LogP contribution in [0.4, 0.5) is 0 Å². The minimum absolute atomic E-state index is 0.0987. The number of nitrogens with two attached hydrogens (primary N) is 1. The van der Waals surface area contributed by atoms with Crippen LogP contribution in [0.15, 0.2) is 0 Å². The SMILES string of the molecule is CC(C)OC(=O)C(N)CS. The van der Waals surface area contributed by atoms with Crippen molar-refractivity contribution < 1.29 is 9.53 Å². The number of carbonyl (C=O) groups excluding carboxylic acids is 1. The van der Waals surface area contributed by atoms with E-state index in [0.29, 0.717) is 5.75 Å². The summed E-state index contributed by atoms with van der Waals surface area (Å²) in [4.78, 5) is 10.8. The molecule has 0 aromatic heterocycles. The van der Waals surface area contributed by atoms with E-state index in [1.165, 1.54) is 0 Å². The molecule has 0 aliphatic heterocycles. The lowest BCUT2D eigenvalue weighted by molar-refractivity contribution is -0.148. The Morgan fingerprint density at radius 1 is 1.70 bits per heavy atom. The highest BCUT2D eigenvalue weighted by Crippen LogP contribution is 1.93. The van der Waals surface area contributed by atoms with Crippen LogP contribution in [0.2, 0.25) is 0 Å². The van der Waals surface area contributed by atoms with Gasteiger partial charge in [0.1, 0.15) is 6.04 Å². The van der Waals surface area contributed by atoms with Crippen molar-refractivity contribution in [3.63, 3.8) is 0 Å². The zero-order valence-corrected chi connectivity index (χ0v) is 7.10. The minimum Gasteiger partial charge on any atom is -0.462 e. The molecule has 0 bridgehead atoms. The molecule has 2 N–H and O–H groups in total. The number of hydrogen-bond acceptors (Lipinski definition) is 4. The van der Waals surface area contributed by atoms with Crippen LogP contribution in [0.3, 0.4) is 0 Å². The molecule has 60 valence electrons. The maximum Gasteiger partial charge on any atom is 0.324 e. The molecule has 0 heterocycles. The molecule has 4 heteroatoms. The van der Waals surface area contributed by atoms with Crippen molar-refractivity contribution >= 4 is 18.6 Å². The Balaban J connectivity index is 3.62. The van der Waals surface area contributed by atoms with Gasteiger partial charge in [-0.05, 0) is 13.8 Å². The number of carbonyl (C=O) groups is 1. The molecule has 0 aliphatic rings. The van der Waals surface area contributed by atoms with Gasteiger partial charge in [0.25, 0.3) is 0 Å². The molecule has 10 heavy (non-hydrogen) atoms. The lowest BCUT2D eigenvalue weighted by Crippen LogP contribution is -2.35. The minimum atomic E-state index is -0.592. The standard InChI is InChI=1S/C6H13NO2S/c1-4(2)9-6(8)5(7)3-10/h4-5,10H,3,7H2,1-2H3. The number of hydrogen-bond donors (Lipinski definition) is 2. The van der Waals surface area contributed by atoms with Gasteiger partial charge in [0.05, 0.1) is 6.10 Å². The normalized spacial score (nSPS) is 13.3. The van der Waals surface area contributed by atoms with Gasteiger partial charge in [-0.2, -0.15) is 12.6 Å². The number of rotatable bonds is 3. The Bertz CT molecular complexity index is 116. The largest absolute Gasteiger partial charge is 0.462 e. The highest BCUT2D eigenvalue weighted by atomic mass is 32.1. The second-order valence-electron chi connectivity index (χ2n) is 2.27. The van der Waals surface area contributed by atoms with Crippen LogP contribution in [-0.2, 0) is 9.53 Å². The second kappa shape index (κ2) is 4.57. The highest BCUT2D eigenvalue weighted by Gasteiger charge is 2.13. The van der Waals surface area contributed by atoms with E-state index in [2.05, 4.69) is 12.6 Å². The van der Waals surface area contributed by atoms with E-state index < -0.39 is 6.04 Å². The maximum absolute atomic E-state index is 10.8. The van der Waals surface area contributed by atoms with E-state index >= 15 is 0 Å². The van der Waals surface area contributed by atoms with E-state index in [1.54, 1.807) is 13.8 Å². The third-order valence-corrected chi connectivity index (χ3v) is 1.24. The molecular formula is C6H13NO2S. The summed E-state index contributed by atoms with van der Waals surface area (Å²) in [6.45, 7) is 3.56. The molecule has 3 nitrogen and oxygen atoms in total. The Labute approximate surface area is 66.3 Å². The summed E-state index contributed by atoms with van der Waals surface area (Å²) in [6, 6.07) is -0.592. The van der Waals surface area contributed by atoms with Crippen LogP contribution in [0.5, 0.6) is 0 Å². The highest BCUT2D eigenvalue weighted by molar-refractivity contribution is 7.80. The fourth-order valence-corrected chi connectivity index (χ4v) is 0.543. The van der Waals surface area contributed by atoms with Crippen LogP contribution in [0.25, 0.3) is 0 Å². The van der Waals surface area contributed by atoms with Gasteiger partial charge < -0.3 is 10.5 Å². The number of thiol groups is 1. The van der Waals surface area contributed by atoms with Gasteiger partial charge in [0.2, 0.25) is 0 Å². The Kier molecular flexibility index (Phi) is 4.47. The molecule has 0 fully saturated rings. The molecule has 0 radical (unpaired) electrons. The average Bonchev–Trinajstić information content (AvgIpc) is 1.85. The summed E-state index contributed by atoms with van der Waals surface area (Å²) in [7, 11) is 0. The molecule has 1 unspecified atom stereocenters. The van der Waals surface area contributed by atoms with Gasteiger partial charge in [0, 0.05) is 5.75 Å². The fraction of sp³-hybridized carbons (Fsp3) is 0.833. The Morgan fingerprint density at radius 2 is 2.20 bits per heavy atom. The van der Waals surface area contributed by atoms with Crippen LogP contribution in [0.1, 0.15) is 13.8 Å². The van der Waals surface area contributed by atoms with Gasteiger partial charge in [-0.15, -0.1) is 0 Å². The van der Waals surface area contributed by atoms with Gasteiger partial charge >= 0.3 is 5.97 Å². The molecule has 0 spiro atoms. The first-order chi connectivity index (χ1) is 4.57. The van der Waals surface area contributed by atoms with Crippen molar-refractivity contribution in [2.75, 3.05) is 5.75 Å². The van der Waals surface area contributed by atoms with E-state index in [4.69, 9.17) is 10.5 Å². The van der Waals surface area contributed by atoms with E-state index in [9.17, 15) is 4.79 Å².